The fourth-order valence-corrected chi connectivity index (χ4v) is 6.91. The molecule has 0 spiro atoms. The first-order valence-electron chi connectivity index (χ1n) is 19.5. The van der Waals surface area contributed by atoms with Gasteiger partial charge in [0.1, 0.15) is 22.8 Å². The predicted molar refractivity (Wildman–Crippen MR) is 233 cm³/mol. The van der Waals surface area contributed by atoms with Crippen LogP contribution in [-0.2, 0) is 0 Å². The van der Waals surface area contributed by atoms with E-state index in [4.69, 9.17) is 0 Å². The van der Waals surface area contributed by atoms with Crippen molar-refractivity contribution in [3.8, 4) is 45.6 Å². The lowest BCUT2D eigenvalue weighted by atomic mass is 10.1. The highest BCUT2D eigenvalue weighted by Gasteiger charge is 2.22. The molecule has 0 atom stereocenters. The summed E-state index contributed by atoms with van der Waals surface area (Å²) in [5.74, 6) is 0.559. The van der Waals surface area contributed by atoms with Crippen LogP contribution in [0.4, 0.5) is 14.5 Å². The molecule has 0 saturated heterocycles. The number of aromatic nitrogens is 12. The fourth-order valence-electron chi connectivity index (χ4n) is 6.91. The Bertz CT molecular complexity index is 3070. The van der Waals surface area contributed by atoms with Gasteiger partial charge in [-0.15, -0.1) is 0 Å². The molecule has 8 heterocycles. The van der Waals surface area contributed by atoms with Gasteiger partial charge in [-0.05, 0) is 61.2 Å². The molecule has 2 aromatic carbocycles. The second kappa shape index (κ2) is 16.7. The Kier molecular flexibility index (Phi) is 10.9. The molecule has 13 nitrogen and oxygen atoms in total. The largest absolute Gasteiger partial charge is 0.358 e. The van der Waals surface area contributed by atoms with E-state index >= 15 is 8.78 Å². The zero-order valence-electron chi connectivity index (χ0n) is 33.6. The van der Waals surface area contributed by atoms with Crippen LogP contribution < -0.4 is 5.32 Å². The van der Waals surface area contributed by atoms with Crippen molar-refractivity contribution in [2.75, 3.05) is 5.32 Å². The molecule has 8 aromatic heterocycles. The maximum Gasteiger partial charge on any atom is 0.161 e. The van der Waals surface area contributed by atoms with Crippen LogP contribution in [0.3, 0.4) is 0 Å². The van der Waals surface area contributed by atoms with Crippen LogP contribution in [0.15, 0.2) is 110 Å². The van der Waals surface area contributed by atoms with Crippen LogP contribution in [0.2, 0.25) is 0 Å². The lowest BCUT2D eigenvalue weighted by Crippen LogP contribution is -2.02. The molecule has 0 aliphatic carbocycles. The second-order valence-electron chi connectivity index (χ2n) is 14.2. The number of benzene rings is 2. The number of hydrogen-bond donors (Lipinski definition) is 5. The van der Waals surface area contributed by atoms with E-state index < -0.39 is 11.6 Å². The smallest absolute Gasteiger partial charge is 0.161 e. The minimum atomic E-state index is -0.480. The molecule has 0 bridgehead atoms. The fraction of sp³-hybridized carbons (Fsp3) is 0.156. The second-order valence-corrected chi connectivity index (χ2v) is 14.2. The van der Waals surface area contributed by atoms with Crippen LogP contribution in [0.25, 0.3) is 89.4 Å². The number of allylic oxidation sites excluding steroid dienone is 1. The molecular formula is C45H41F2N13. The summed E-state index contributed by atoms with van der Waals surface area (Å²) in [7, 11) is 0. The number of nitrogens with one attached hydrogen (secondary N) is 5. The van der Waals surface area contributed by atoms with Gasteiger partial charge in [0, 0.05) is 35.4 Å². The van der Waals surface area contributed by atoms with Crippen LogP contribution >= 0.6 is 0 Å². The number of para-hydroxylation sites is 4. The molecule has 0 radical (unpaired) electrons. The Morgan fingerprint density at radius 1 is 0.683 bits per heavy atom. The Morgan fingerprint density at radius 2 is 1.25 bits per heavy atom. The van der Waals surface area contributed by atoms with Gasteiger partial charge in [0.05, 0.1) is 68.2 Å². The van der Waals surface area contributed by atoms with Crippen LogP contribution in [0.5, 0.6) is 0 Å². The lowest BCUT2D eigenvalue weighted by molar-refractivity contribution is 0.638. The van der Waals surface area contributed by atoms with Crippen molar-refractivity contribution in [1.82, 2.24) is 60.3 Å². The Balaban J connectivity index is 0.000000163. The van der Waals surface area contributed by atoms with Gasteiger partial charge in [0.25, 0.3) is 0 Å². The first kappa shape index (κ1) is 39.2. The summed E-state index contributed by atoms with van der Waals surface area (Å²) in [6.45, 7) is 14.2. The van der Waals surface area contributed by atoms with Crippen molar-refractivity contribution in [3.05, 3.63) is 127 Å². The van der Waals surface area contributed by atoms with Gasteiger partial charge >= 0.3 is 0 Å². The van der Waals surface area contributed by atoms with Gasteiger partial charge in [0.2, 0.25) is 0 Å². The number of H-pyrrole nitrogens is 4. The van der Waals surface area contributed by atoms with Crippen LogP contribution in [0, 0.1) is 24.5 Å². The third-order valence-corrected chi connectivity index (χ3v) is 9.60. The summed E-state index contributed by atoms with van der Waals surface area (Å²) in [5, 5.41) is 18.2. The lowest BCUT2D eigenvalue weighted by Gasteiger charge is -2.12. The van der Waals surface area contributed by atoms with Crippen molar-refractivity contribution >= 4 is 49.6 Å². The van der Waals surface area contributed by atoms with Gasteiger partial charge in [-0.2, -0.15) is 10.2 Å². The zero-order valence-corrected chi connectivity index (χ0v) is 33.6. The molecule has 5 N–H and O–H groups in total. The zero-order chi connectivity index (χ0) is 41.9. The number of halogens is 2. The van der Waals surface area contributed by atoms with E-state index in [2.05, 4.69) is 86.0 Å². The topological polar surface area (TPSA) is 178 Å². The Morgan fingerprint density at radius 3 is 1.82 bits per heavy atom. The van der Waals surface area contributed by atoms with E-state index in [9.17, 15) is 0 Å². The van der Waals surface area contributed by atoms with E-state index in [1.807, 2.05) is 81.4 Å². The first-order valence-corrected chi connectivity index (χ1v) is 19.5. The number of pyridine rings is 4. The van der Waals surface area contributed by atoms with Crippen molar-refractivity contribution < 1.29 is 8.78 Å². The van der Waals surface area contributed by atoms with Gasteiger partial charge in [-0.25, -0.2) is 18.7 Å². The Hall–Kier alpha value is -7.68. The summed E-state index contributed by atoms with van der Waals surface area (Å²) < 4.78 is 31.1. The SMILES string of the molecule is C=C(CC(C)C)Nc1cncc(-c2ncc3[nH]nc(-c4nc5ccccc5[nH]4)c3c2F)c1.CC.Cc1ccncc1-c1ncc2[nH]nc(-c3nc4ccccc4[nH]3)c2c1F. The van der Waals surface area contributed by atoms with Crippen LogP contribution in [-0.4, -0.2) is 60.3 Å². The molecule has 0 fully saturated rings. The number of imidazole rings is 2. The quantitative estimate of drug-likeness (QED) is 0.1000. The van der Waals surface area contributed by atoms with Crippen molar-refractivity contribution in [2.24, 2.45) is 5.92 Å². The molecule has 0 aliphatic heterocycles. The summed E-state index contributed by atoms with van der Waals surface area (Å²) in [5.41, 5.74) is 9.35. The number of hydrogen-bond acceptors (Lipinski definition) is 9. The maximum absolute atomic E-state index is 15.7. The molecule has 0 saturated carbocycles. The van der Waals surface area contributed by atoms with E-state index in [0.717, 1.165) is 45.4 Å². The normalized spacial score (nSPS) is 11.2. The predicted octanol–water partition coefficient (Wildman–Crippen LogP) is 10.7. The average molecular weight is 802 g/mol. The maximum atomic E-state index is 15.7. The summed E-state index contributed by atoms with van der Waals surface area (Å²) in [4.78, 5) is 32.4. The Labute approximate surface area is 342 Å². The number of anilines is 1. The highest BCUT2D eigenvalue weighted by molar-refractivity contribution is 5.96. The number of fused-ring (bicyclic) bond motifs is 4. The monoisotopic (exact) mass is 801 g/mol. The molecular weight excluding hydrogens is 761 g/mol. The van der Waals surface area contributed by atoms with Gasteiger partial charge in [-0.1, -0.05) is 58.5 Å². The standard InChI is InChI=1S/C24H22FN7.C19H13FN6.C2H6/c1-13(2)8-14(3)28-16-9-15(10-26-11-16)22-21(25)20-19(12-27-22)31-32-23(20)24-29-17-6-4-5-7-18(17)30-24;1-10-6-7-21-8-11(10)17-16(20)15-14(9-22-17)25-26-18(15)19-23-12-4-2-3-5-13(12)24-19;1-2/h4-7,9-13,28H,3,8H2,1-2H3,(H,29,30)(H,31,32);2-9H,1H3,(H,23,24)(H,25,26);1-2H3. The molecule has 300 valence electrons. The van der Waals surface area contributed by atoms with Gasteiger partial charge in [-0.3, -0.25) is 30.1 Å². The van der Waals surface area contributed by atoms with Crippen molar-refractivity contribution in [3.63, 3.8) is 0 Å². The van der Waals surface area contributed by atoms with Crippen LogP contribution in [0.1, 0.15) is 39.7 Å². The number of nitrogens with zero attached hydrogens (tertiary/aromatic N) is 8. The number of aryl methyl sites for hydroxylation is 1. The summed E-state index contributed by atoms with van der Waals surface area (Å²) in [6.07, 6.45) is 10.6. The van der Waals surface area contributed by atoms with E-state index in [-0.39, 0.29) is 11.4 Å². The summed E-state index contributed by atoms with van der Waals surface area (Å²) in [6, 6.07) is 18.9. The van der Waals surface area contributed by atoms with Crippen molar-refractivity contribution in [2.45, 2.75) is 41.0 Å². The minimum Gasteiger partial charge on any atom is -0.358 e. The highest BCUT2D eigenvalue weighted by Crippen LogP contribution is 2.35. The number of rotatable bonds is 8. The molecule has 0 aliphatic rings. The van der Waals surface area contributed by atoms with Gasteiger partial charge < -0.3 is 15.3 Å². The average Bonchev–Trinajstić information content (AvgIpc) is 4.07. The van der Waals surface area contributed by atoms with E-state index in [1.54, 1.807) is 37.2 Å². The van der Waals surface area contributed by atoms with E-state index in [1.165, 1.54) is 0 Å². The first-order chi connectivity index (χ1) is 29.2. The van der Waals surface area contributed by atoms with E-state index in [0.29, 0.717) is 61.9 Å². The molecule has 15 heteroatoms. The van der Waals surface area contributed by atoms with Gasteiger partial charge in [0.15, 0.2) is 23.3 Å². The molecule has 60 heavy (non-hydrogen) atoms. The highest BCUT2D eigenvalue weighted by atomic mass is 19.1. The molecule has 0 amide bonds. The molecule has 0 unspecified atom stereocenters. The molecule has 10 aromatic rings. The minimum absolute atomic E-state index is 0.196. The number of aromatic amines is 4. The third kappa shape index (κ3) is 7.55. The molecule has 10 rings (SSSR count). The van der Waals surface area contributed by atoms with Crippen molar-refractivity contribution in [1.29, 1.82) is 0 Å². The summed E-state index contributed by atoms with van der Waals surface area (Å²) >= 11 is 0. The third-order valence-electron chi connectivity index (χ3n) is 9.60.